The van der Waals surface area contributed by atoms with Gasteiger partial charge >= 0.3 is 6.18 Å². The first-order valence-electron chi connectivity index (χ1n) is 28.5. The van der Waals surface area contributed by atoms with Crippen molar-refractivity contribution >= 4 is 87.4 Å². The summed E-state index contributed by atoms with van der Waals surface area (Å²) in [4.78, 5) is 16.4. The SMILES string of the molecule is FC(F)(F)c1ccc(-n2c3ccccc3c3c4oc5ccccc5c4ccc32)c(-c2nc(-n3c4ccc(-c5ccccc5)cc4c4cc(-c5ccccc5)ccc43)nc(-n3c4ccc(-c5ccccc5)cc4c4cc(-c5ccccc5)ccc43)n2)c1. The summed E-state index contributed by atoms with van der Waals surface area (Å²) in [5, 5.41) is 7.41. The van der Waals surface area contributed by atoms with Crippen LogP contribution in [0.15, 0.2) is 277 Å². The van der Waals surface area contributed by atoms with Crippen LogP contribution < -0.4 is 0 Å². The summed E-state index contributed by atoms with van der Waals surface area (Å²) >= 11 is 0. The minimum atomic E-state index is -4.73. The molecule has 0 amide bonds. The third-order valence-corrected chi connectivity index (χ3v) is 17.0. The topological polar surface area (TPSA) is 66.6 Å². The third kappa shape index (κ3) is 7.80. The molecule has 86 heavy (non-hydrogen) atoms. The fourth-order valence-corrected chi connectivity index (χ4v) is 13.0. The molecule has 17 rings (SSSR count). The molecule has 0 bridgehead atoms. The molecule has 0 aliphatic heterocycles. The zero-order valence-electron chi connectivity index (χ0n) is 45.7. The van der Waals surface area contributed by atoms with Crippen molar-refractivity contribution in [1.82, 2.24) is 28.7 Å². The largest absolute Gasteiger partial charge is 0.455 e. The lowest BCUT2D eigenvalue weighted by Crippen LogP contribution is -2.12. The lowest BCUT2D eigenvalue weighted by atomic mass is 10.0. The number of benzene rings is 12. The van der Waals surface area contributed by atoms with Crippen molar-refractivity contribution in [3.05, 3.63) is 279 Å². The van der Waals surface area contributed by atoms with Crippen molar-refractivity contribution in [2.24, 2.45) is 0 Å². The minimum absolute atomic E-state index is 0.0375. The van der Waals surface area contributed by atoms with Gasteiger partial charge in [0.15, 0.2) is 5.82 Å². The highest BCUT2D eigenvalue weighted by Crippen LogP contribution is 2.45. The molecule has 10 heteroatoms. The van der Waals surface area contributed by atoms with Gasteiger partial charge in [-0.15, -0.1) is 0 Å². The number of rotatable bonds is 8. The van der Waals surface area contributed by atoms with Crippen LogP contribution in [0, 0.1) is 0 Å². The van der Waals surface area contributed by atoms with E-state index in [-0.39, 0.29) is 23.3 Å². The number of hydrogen-bond donors (Lipinski definition) is 0. The number of halogens is 3. The van der Waals surface area contributed by atoms with Gasteiger partial charge in [-0.05, 0) is 136 Å². The van der Waals surface area contributed by atoms with Crippen molar-refractivity contribution in [3.63, 3.8) is 0 Å². The molecule has 0 unspecified atom stereocenters. The Labute approximate surface area is 489 Å². The highest BCUT2D eigenvalue weighted by Gasteiger charge is 2.33. The number of aromatic nitrogens is 6. The van der Waals surface area contributed by atoms with Crippen LogP contribution >= 0.6 is 0 Å². The molecule has 0 saturated carbocycles. The van der Waals surface area contributed by atoms with Gasteiger partial charge in [-0.3, -0.25) is 9.13 Å². The van der Waals surface area contributed by atoms with E-state index >= 15 is 13.2 Å². The molecule has 5 aromatic heterocycles. The Morgan fingerprint density at radius 2 is 0.709 bits per heavy atom. The van der Waals surface area contributed by atoms with Crippen LogP contribution in [-0.2, 0) is 6.18 Å². The third-order valence-electron chi connectivity index (χ3n) is 17.0. The molecule has 5 heterocycles. The predicted molar refractivity (Wildman–Crippen MR) is 342 cm³/mol. The summed E-state index contributed by atoms with van der Waals surface area (Å²) in [6, 6.07) is 90.5. The van der Waals surface area contributed by atoms with Crippen LogP contribution in [0.1, 0.15) is 5.56 Å². The molecule has 0 fully saturated rings. The van der Waals surface area contributed by atoms with Gasteiger partial charge in [0.1, 0.15) is 11.2 Å². The molecule has 17 aromatic rings. The van der Waals surface area contributed by atoms with E-state index in [1.165, 1.54) is 6.07 Å². The van der Waals surface area contributed by atoms with Gasteiger partial charge in [-0.1, -0.05) is 182 Å². The second-order valence-corrected chi connectivity index (χ2v) is 21.8. The first-order valence-corrected chi connectivity index (χ1v) is 28.5. The number of alkyl halides is 3. The van der Waals surface area contributed by atoms with E-state index in [2.05, 4.69) is 121 Å². The van der Waals surface area contributed by atoms with Gasteiger partial charge in [0.2, 0.25) is 11.9 Å². The Kier molecular flexibility index (Phi) is 10.9. The maximum absolute atomic E-state index is 15.6. The van der Waals surface area contributed by atoms with Gasteiger partial charge in [-0.25, -0.2) is 0 Å². The van der Waals surface area contributed by atoms with Crippen molar-refractivity contribution in [2.75, 3.05) is 0 Å². The van der Waals surface area contributed by atoms with E-state index in [4.69, 9.17) is 19.4 Å². The van der Waals surface area contributed by atoms with Gasteiger partial charge in [0, 0.05) is 43.3 Å². The zero-order chi connectivity index (χ0) is 57.2. The summed E-state index contributed by atoms with van der Waals surface area (Å²) < 4.78 is 59.5. The van der Waals surface area contributed by atoms with E-state index in [1.807, 2.05) is 147 Å². The van der Waals surface area contributed by atoms with Crippen LogP contribution in [0.5, 0.6) is 0 Å². The highest BCUT2D eigenvalue weighted by molar-refractivity contribution is 6.24. The second kappa shape index (κ2) is 19.1. The van der Waals surface area contributed by atoms with Gasteiger partial charge < -0.3 is 8.98 Å². The summed E-state index contributed by atoms with van der Waals surface area (Å²) in [5.41, 5.74) is 14.2. The molecule has 0 atom stereocenters. The molecule has 0 aliphatic rings. The van der Waals surface area contributed by atoms with Crippen LogP contribution in [-0.4, -0.2) is 28.7 Å². The summed E-state index contributed by atoms with van der Waals surface area (Å²) in [6.07, 6.45) is -4.73. The van der Waals surface area contributed by atoms with E-state index < -0.39 is 11.7 Å². The molecule has 0 N–H and O–H groups in total. The van der Waals surface area contributed by atoms with E-state index in [0.717, 1.165) is 132 Å². The summed E-state index contributed by atoms with van der Waals surface area (Å²) in [5.74, 6) is 0.475. The molecular formula is C76H45F3N6O. The van der Waals surface area contributed by atoms with Crippen molar-refractivity contribution < 1.29 is 17.6 Å². The number of furan rings is 1. The normalized spacial score (nSPS) is 12.1. The maximum Gasteiger partial charge on any atom is 0.416 e. The van der Waals surface area contributed by atoms with E-state index in [1.54, 1.807) is 6.07 Å². The first-order chi connectivity index (χ1) is 42.3. The molecule has 12 aromatic carbocycles. The molecule has 406 valence electrons. The fraction of sp³-hybridized carbons (Fsp3) is 0.0132. The Morgan fingerprint density at radius 1 is 0.302 bits per heavy atom. The Bertz CT molecular complexity index is 5160. The van der Waals surface area contributed by atoms with Gasteiger partial charge in [0.25, 0.3) is 0 Å². The standard InChI is InChI=1S/C76H45F3N6O/c77-76(78,79)54-33-39-68(83-63-27-15-13-26-57(63)71-69(83)40-34-56-55-25-14-16-28-70(55)86-72(56)71)62(45-54)73-80-74(84-64-35-29-50(46-17-5-1-6-18-46)41-58(64)59-42-51(30-36-65(59)84)47-19-7-2-8-20-47)82-75(81-73)85-66-37-31-52(48-21-9-3-10-22-48)43-60(66)61-44-53(32-38-67(61)85)49-23-11-4-12-24-49/h1-45H. The van der Waals surface area contributed by atoms with Gasteiger partial charge in [0.05, 0.1) is 49.7 Å². The zero-order valence-corrected chi connectivity index (χ0v) is 45.7. The monoisotopic (exact) mass is 1110 g/mol. The molecular weight excluding hydrogens is 1070 g/mol. The minimum Gasteiger partial charge on any atom is -0.455 e. The molecule has 0 aliphatic carbocycles. The van der Waals surface area contributed by atoms with Gasteiger partial charge in [-0.2, -0.15) is 28.1 Å². The maximum atomic E-state index is 15.6. The lowest BCUT2D eigenvalue weighted by Gasteiger charge is -2.18. The Hall–Kier alpha value is -11.4. The number of hydrogen-bond acceptors (Lipinski definition) is 4. The smallest absolute Gasteiger partial charge is 0.416 e. The highest BCUT2D eigenvalue weighted by atomic mass is 19.4. The quantitative estimate of drug-likeness (QED) is 0.152. The average Bonchev–Trinajstić information content (AvgIpc) is 1.76. The fourth-order valence-electron chi connectivity index (χ4n) is 13.0. The van der Waals surface area contributed by atoms with Crippen LogP contribution in [0.4, 0.5) is 13.2 Å². The number of fused-ring (bicyclic) bond motifs is 13. The Morgan fingerprint density at radius 3 is 1.17 bits per heavy atom. The van der Waals surface area contributed by atoms with Crippen molar-refractivity contribution in [2.45, 2.75) is 6.18 Å². The van der Waals surface area contributed by atoms with Crippen LogP contribution in [0.3, 0.4) is 0 Å². The number of para-hydroxylation sites is 2. The van der Waals surface area contributed by atoms with E-state index in [0.29, 0.717) is 11.3 Å². The molecule has 0 radical (unpaired) electrons. The average molecular weight is 1120 g/mol. The Balaban J connectivity index is 0.992. The molecule has 0 saturated heterocycles. The summed E-state index contributed by atoms with van der Waals surface area (Å²) in [6.45, 7) is 0. The van der Waals surface area contributed by atoms with Crippen molar-refractivity contribution in [3.8, 4) is 73.5 Å². The number of nitrogens with zero attached hydrogens (tertiary/aromatic N) is 6. The van der Waals surface area contributed by atoms with Crippen LogP contribution in [0.2, 0.25) is 0 Å². The lowest BCUT2D eigenvalue weighted by molar-refractivity contribution is -0.137. The van der Waals surface area contributed by atoms with Crippen LogP contribution in [0.25, 0.3) is 161 Å². The molecule has 7 nitrogen and oxygen atoms in total. The van der Waals surface area contributed by atoms with Crippen molar-refractivity contribution in [1.29, 1.82) is 0 Å². The molecule has 0 spiro atoms. The second-order valence-electron chi connectivity index (χ2n) is 21.8. The summed E-state index contributed by atoms with van der Waals surface area (Å²) in [7, 11) is 0. The van der Waals surface area contributed by atoms with E-state index in [9.17, 15) is 0 Å². The predicted octanol–water partition coefficient (Wildman–Crippen LogP) is 20.4. The first kappa shape index (κ1) is 49.3.